The predicted octanol–water partition coefficient (Wildman–Crippen LogP) is 7.07. The number of hydrogen-bond acceptors (Lipinski definition) is 5. The first-order chi connectivity index (χ1) is 18.8. The van der Waals surface area contributed by atoms with Crippen LogP contribution in [0.5, 0.6) is 5.75 Å². The van der Waals surface area contributed by atoms with E-state index in [4.69, 9.17) is 9.47 Å². The highest BCUT2D eigenvalue weighted by atomic mass is 32.2. The van der Waals surface area contributed by atoms with Crippen molar-refractivity contribution in [1.29, 1.82) is 0 Å². The Balaban J connectivity index is 1.83. The predicted molar refractivity (Wildman–Crippen MR) is 144 cm³/mol. The second-order valence-corrected chi connectivity index (χ2v) is 11.1. The summed E-state index contributed by atoms with van der Waals surface area (Å²) in [5.74, 6) is -0.874. The molecule has 0 radical (unpaired) electrons. The Bertz CT molecular complexity index is 1550. The molecule has 0 bridgehead atoms. The van der Waals surface area contributed by atoms with Gasteiger partial charge in [0.25, 0.3) is 0 Å². The Hall–Kier alpha value is -3.86. The van der Waals surface area contributed by atoms with Crippen LogP contribution < -0.4 is 9.46 Å². The van der Waals surface area contributed by atoms with Crippen molar-refractivity contribution in [1.82, 2.24) is 0 Å². The third-order valence-corrected chi connectivity index (χ3v) is 6.86. The van der Waals surface area contributed by atoms with Crippen molar-refractivity contribution in [3.63, 3.8) is 0 Å². The smallest absolute Gasteiger partial charge is 0.416 e. The number of sulfonamides is 1. The standard InChI is InChI=1S/C29H27F4NO5S/c1-3-38-28(35)20-13-19(14-23(15-20)34-40(2,36)37)24-5-4-6-25(24)26-16-21(29(31,32)33)9-12-27(26)39-17-18-7-10-22(30)11-8-18/h7-16,34H,3-6,17H2,1-2H3. The maximum Gasteiger partial charge on any atom is 0.416 e. The van der Waals surface area contributed by atoms with Gasteiger partial charge in [0.15, 0.2) is 0 Å². The molecule has 3 aromatic carbocycles. The molecule has 3 aromatic rings. The van der Waals surface area contributed by atoms with Crippen molar-refractivity contribution in [3.05, 3.63) is 94.3 Å². The zero-order valence-electron chi connectivity index (χ0n) is 21.8. The first-order valence-electron chi connectivity index (χ1n) is 12.5. The van der Waals surface area contributed by atoms with Gasteiger partial charge in [0, 0.05) is 11.3 Å². The highest BCUT2D eigenvalue weighted by Gasteiger charge is 2.32. The van der Waals surface area contributed by atoms with E-state index in [1.165, 1.54) is 42.5 Å². The van der Waals surface area contributed by atoms with E-state index in [9.17, 15) is 30.8 Å². The molecule has 0 unspecified atom stereocenters. The van der Waals surface area contributed by atoms with E-state index < -0.39 is 33.5 Å². The van der Waals surface area contributed by atoms with E-state index in [1.54, 1.807) is 13.0 Å². The molecule has 6 nitrogen and oxygen atoms in total. The van der Waals surface area contributed by atoms with Gasteiger partial charge in [0.1, 0.15) is 18.2 Å². The van der Waals surface area contributed by atoms with Crippen LogP contribution in [0.25, 0.3) is 11.1 Å². The summed E-state index contributed by atoms with van der Waals surface area (Å²) in [5.41, 5.74) is 1.97. The van der Waals surface area contributed by atoms with Crippen molar-refractivity contribution in [2.75, 3.05) is 17.6 Å². The highest BCUT2D eigenvalue weighted by Crippen LogP contribution is 2.45. The molecule has 0 spiro atoms. The summed E-state index contributed by atoms with van der Waals surface area (Å²) in [6.07, 6.45) is -2.09. The summed E-state index contributed by atoms with van der Waals surface area (Å²) in [6.45, 7) is 1.74. The molecular formula is C29H27F4NO5S. The first kappa shape index (κ1) is 29.1. The number of allylic oxidation sites excluding steroid dienone is 2. The largest absolute Gasteiger partial charge is 0.488 e. The molecule has 0 saturated heterocycles. The Morgan fingerprint density at radius 2 is 1.68 bits per heavy atom. The fourth-order valence-corrected chi connectivity index (χ4v) is 5.12. The van der Waals surface area contributed by atoms with Gasteiger partial charge >= 0.3 is 12.1 Å². The van der Waals surface area contributed by atoms with Gasteiger partial charge in [-0.1, -0.05) is 12.1 Å². The van der Waals surface area contributed by atoms with Gasteiger partial charge in [-0.25, -0.2) is 17.6 Å². The molecule has 4 rings (SSSR count). The molecule has 1 N–H and O–H groups in total. The van der Waals surface area contributed by atoms with Gasteiger partial charge in [-0.3, -0.25) is 4.72 Å². The number of benzene rings is 3. The summed E-state index contributed by atoms with van der Waals surface area (Å²) in [7, 11) is -3.69. The topological polar surface area (TPSA) is 81.7 Å². The van der Waals surface area contributed by atoms with E-state index in [2.05, 4.69) is 4.72 Å². The molecule has 1 aliphatic carbocycles. The second kappa shape index (κ2) is 11.7. The van der Waals surface area contributed by atoms with Crippen LogP contribution in [-0.4, -0.2) is 27.2 Å². The van der Waals surface area contributed by atoms with Crippen LogP contribution in [0.2, 0.25) is 0 Å². The minimum Gasteiger partial charge on any atom is -0.488 e. The van der Waals surface area contributed by atoms with Crippen LogP contribution >= 0.6 is 0 Å². The third kappa shape index (κ3) is 7.20. The lowest BCUT2D eigenvalue weighted by Gasteiger charge is -2.18. The zero-order chi connectivity index (χ0) is 29.1. The molecule has 0 atom stereocenters. The van der Waals surface area contributed by atoms with Crippen LogP contribution in [-0.2, 0) is 27.5 Å². The van der Waals surface area contributed by atoms with Crippen molar-refractivity contribution in [2.24, 2.45) is 0 Å². The Morgan fingerprint density at radius 3 is 2.33 bits per heavy atom. The summed E-state index contributed by atoms with van der Waals surface area (Å²) in [4.78, 5) is 12.5. The molecule has 0 aliphatic heterocycles. The summed E-state index contributed by atoms with van der Waals surface area (Å²) in [6, 6.07) is 13.2. The van der Waals surface area contributed by atoms with Gasteiger partial charge in [-0.15, -0.1) is 0 Å². The molecule has 0 heterocycles. The lowest BCUT2D eigenvalue weighted by molar-refractivity contribution is -0.137. The van der Waals surface area contributed by atoms with Crippen LogP contribution in [0.1, 0.15) is 58.8 Å². The molecule has 212 valence electrons. The molecule has 0 amide bonds. The van der Waals surface area contributed by atoms with Crippen molar-refractivity contribution in [2.45, 2.75) is 39.0 Å². The lowest BCUT2D eigenvalue weighted by atomic mass is 9.93. The Labute approximate surface area is 229 Å². The quantitative estimate of drug-likeness (QED) is 0.217. The number of carbonyl (C=O) groups excluding carboxylic acids is 1. The Morgan fingerprint density at radius 1 is 0.975 bits per heavy atom. The number of esters is 1. The van der Waals surface area contributed by atoms with Crippen LogP contribution in [0.3, 0.4) is 0 Å². The zero-order valence-corrected chi connectivity index (χ0v) is 22.6. The van der Waals surface area contributed by atoms with Gasteiger partial charge in [-0.05, 0) is 97.0 Å². The van der Waals surface area contributed by atoms with Gasteiger partial charge < -0.3 is 9.47 Å². The SMILES string of the molecule is CCOC(=O)c1cc(NS(C)(=O)=O)cc(C2=C(c3cc(C(F)(F)F)ccc3OCc3ccc(F)cc3)CCC2)c1. The van der Waals surface area contributed by atoms with Crippen molar-refractivity contribution in [3.8, 4) is 5.75 Å². The summed E-state index contributed by atoms with van der Waals surface area (Å²) < 4.78 is 91.7. The molecule has 40 heavy (non-hydrogen) atoms. The van der Waals surface area contributed by atoms with E-state index in [-0.39, 0.29) is 35.8 Å². The molecule has 1 aliphatic rings. The van der Waals surface area contributed by atoms with Crippen LogP contribution in [0, 0.1) is 5.82 Å². The maximum atomic E-state index is 13.7. The number of carbonyl (C=O) groups is 1. The van der Waals surface area contributed by atoms with Crippen molar-refractivity contribution < 1.29 is 40.2 Å². The van der Waals surface area contributed by atoms with Gasteiger partial charge in [0.2, 0.25) is 10.0 Å². The number of alkyl halides is 3. The number of nitrogens with one attached hydrogen (secondary N) is 1. The minimum atomic E-state index is -4.60. The average Bonchev–Trinajstić information content (AvgIpc) is 3.36. The normalized spacial score (nSPS) is 13.8. The summed E-state index contributed by atoms with van der Waals surface area (Å²) >= 11 is 0. The number of halogens is 4. The monoisotopic (exact) mass is 577 g/mol. The van der Waals surface area contributed by atoms with Gasteiger partial charge in [-0.2, -0.15) is 13.2 Å². The number of ether oxygens (including phenoxy) is 2. The second-order valence-electron chi connectivity index (χ2n) is 9.33. The average molecular weight is 578 g/mol. The lowest BCUT2D eigenvalue weighted by Crippen LogP contribution is -2.12. The minimum absolute atomic E-state index is 0.00201. The third-order valence-electron chi connectivity index (χ3n) is 6.25. The van der Waals surface area contributed by atoms with E-state index in [0.717, 1.165) is 18.4 Å². The van der Waals surface area contributed by atoms with Crippen LogP contribution in [0.15, 0.2) is 60.7 Å². The molecule has 0 fully saturated rings. The van der Waals surface area contributed by atoms with Gasteiger partial charge in [0.05, 0.1) is 24.0 Å². The van der Waals surface area contributed by atoms with E-state index in [0.29, 0.717) is 41.5 Å². The van der Waals surface area contributed by atoms with Crippen molar-refractivity contribution >= 4 is 32.8 Å². The van der Waals surface area contributed by atoms with E-state index >= 15 is 0 Å². The maximum absolute atomic E-state index is 13.7. The molecule has 0 aromatic heterocycles. The molecule has 11 heteroatoms. The first-order valence-corrected chi connectivity index (χ1v) is 14.3. The molecular weight excluding hydrogens is 550 g/mol. The Kier molecular flexibility index (Phi) is 8.53. The fourth-order valence-electron chi connectivity index (χ4n) is 4.58. The van der Waals surface area contributed by atoms with E-state index in [1.807, 2.05) is 0 Å². The number of rotatable bonds is 9. The number of anilines is 1. The van der Waals surface area contributed by atoms with Crippen LogP contribution in [0.4, 0.5) is 23.2 Å². The summed E-state index contributed by atoms with van der Waals surface area (Å²) in [5, 5.41) is 0. The fraction of sp³-hybridized carbons (Fsp3) is 0.276. The molecule has 0 saturated carbocycles. The highest BCUT2D eigenvalue weighted by molar-refractivity contribution is 7.92. The number of hydrogen-bond donors (Lipinski definition) is 1.